The van der Waals surface area contributed by atoms with Crippen LogP contribution in [0.25, 0.3) is 21.8 Å². The highest BCUT2D eigenvalue weighted by Crippen LogP contribution is 2.28. The van der Waals surface area contributed by atoms with E-state index in [2.05, 4.69) is 77.2 Å². The molecule has 2 aromatic carbocycles. The minimum Gasteiger partial charge on any atom is -0.340 e. The molecular weight excluding hydrogens is 365 g/mol. The monoisotopic (exact) mass is 393 g/mol. The molecule has 26 heavy (non-hydrogen) atoms. The van der Waals surface area contributed by atoms with Crippen molar-refractivity contribution in [3.63, 3.8) is 0 Å². The Morgan fingerprint density at radius 3 is 2.08 bits per heavy atom. The summed E-state index contributed by atoms with van der Waals surface area (Å²) >= 11 is 0. The Labute approximate surface area is 168 Å². The Morgan fingerprint density at radius 1 is 0.885 bits per heavy atom. The van der Waals surface area contributed by atoms with Gasteiger partial charge in [-0.15, -0.1) is 24.8 Å². The summed E-state index contributed by atoms with van der Waals surface area (Å²) in [5.41, 5.74) is 2.72. The number of hydrogen-bond donors (Lipinski definition) is 1. The van der Waals surface area contributed by atoms with Crippen molar-refractivity contribution in [3.05, 3.63) is 48.5 Å². The van der Waals surface area contributed by atoms with Gasteiger partial charge in [0.25, 0.3) is 0 Å². The SMILES string of the molecule is C[C@@H]1CN(CCCn2c3ccccc3c3ccccc32)[C@H](C)CN1.Cl.Cl. The van der Waals surface area contributed by atoms with Gasteiger partial charge in [0.05, 0.1) is 0 Å². The van der Waals surface area contributed by atoms with Gasteiger partial charge in [-0.05, 0) is 32.4 Å². The molecule has 1 aliphatic rings. The number of benzene rings is 2. The van der Waals surface area contributed by atoms with Crippen LogP contribution in [0, 0.1) is 0 Å². The van der Waals surface area contributed by atoms with E-state index in [1.165, 1.54) is 34.8 Å². The fourth-order valence-electron chi connectivity index (χ4n) is 4.08. The van der Waals surface area contributed by atoms with E-state index in [9.17, 15) is 0 Å². The molecule has 3 nitrogen and oxygen atoms in total. The number of nitrogens with one attached hydrogen (secondary N) is 1. The first-order chi connectivity index (χ1) is 11.7. The number of halogens is 2. The number of nitrogens with zero attached hydrogens (tertiary/aromatic N) is 2. The van der Waals surface area contributed by atoms with Gasteiger partial charge in [0.1, 0.15) is 0 Å². The Balaban J connectivity index is 0.00000121. The molecule has 4 rings (SSSR count). The topological polar surface area (TPSA) is 20.2 Å². The van der Waals surface area contributed by atoms with Crippen LogP contribution in [0.4, 0.5) is 0 Å². The van der Waals surface area contributed by atoms with Crippen molar-refractivity contribution in [2.24, 2.45) is 0 Å². The number of piperazine rings is 1. The molecule has 0 amide bonds. The van der Waals surface area contributed by atoms with Crippen molar-refractivity contribution < 1.29 is 0 Å². The molecule has 1 saturated heterocycles. The second-order valence-electron chi connectivity index (χ2n) is 7.19. The average Bonchev–Trinajstić information content (AvgIpc) is 2.93. The van der Waals surface area contributed by atoms with Crippen LogP contribution in [0.3, 0.4) is 0 Å². The van der Waals surface area contributed by atoms with E-state index in [1.807, 2.05) is 0 Å². The minimum absolute atomic E-state index is 0. The normalized spacial score (nSPS) is 20.7. The largest absolute Gasteiger partial charge is 0.340 e. The summed E-state index contributed by atoms with van der Waals surface area (Å²) in [7, 11) is 0. The molecule has 3 aromatic rings. The number of hydrogen-bond acceptors (Lipinski definition) is 2. The van der Waals surface area contributed by atoms with Crippen molar-refractivity contribution in [1.82, 2.24) is 14.8 Å². The maximum atomic E-state index is 3.57. The third kappa shape index (κ3) is 4.01. The highest BCUT2D eigenvalue weighted by molar-refractivity contribution is 6.07. The van der Waals surface area contributed by atoms with E-state index in [1.54, 1.807) is 0 Å². The van der Waals surface area contributed by atoms with Crippen LogP contribution in [0.5, 0.6) is 0 Å². The summed E-state index contributed by atoms with van der Waals surface area (Å²) in [5, 5.41) is 6.31. The summed E-state index contributed by atoms with van der Waals surface area (Å²) < 4.78 is 2.50. The molecule has 0 aliphatic carbocycles. The predicted octanol–water partition coefficient (Wildman–Crippen LogP) is 4.71. The molecule has 0 radical (unpaired) electrons. The molecule has 1 aromatic heterocycles. The van der Waals surface area contributed by atoms with Crippen LogP contribution >= 0.6 is 24.8 Å². The molecule has 142 valence electrons. The second-order valence-corrected chi connectivity index (χ2v) is 7.19. The van der Waals surface area contributed by atoms with Gasteiger partial charge >= 0.3 is 0 Å². The van der Waals surface area contributed by atoms with Crippen LogP contribution in [0.1, 0.15) is 20.3 Å². The molecular formula is C21H29Cl2N3. The summed E-state index contributed by atoms with van der Waals surface area (Å²) in [6, 6.07) is 18.8. The standard InChI is InChI=1S/C21H27N3.2ClH/c1-16-15-23(17(2)14-22-16)12-7-13-24-20-10-5-3-8-18(20)19-9-4-6-11-21(19)24;;/h3-6,8-11,16-17,22H,7,12-15H2,1-2H3;2*1H/t16-,17-;;/m1../s1. The molecule has 0 bridgehead atoms. The Hall–Kier alpha value is -1.26. The molecule has 2 heterocycles. The van der Waals surface area contributed by atoms with Gasteiger partial charge in [-0.25, -0.2) is 0 Å². The average molecular weight is 394 g/mol. The summed E-state index contributed by atoms with van der Waals surface area (Å²) in [5.74, 6) is 0. The third-order valence-electron chi connectivity index (χ3n) is 5.40. The highest BCUT2D eigenvalue weighted by Gasteiger charge is 2.21. The molecule has 2 atom stereocenters. The smallest absolute Gasteiger partial charge is 0.0491 e. The highest BCUT2D eigenvalue weighted by atomic mass is 35.5. The molecule has 1 fully saturated rings. The van der Waals surface area contributed by atoms with E-state index >= 15 is 0 Å². The zero-order chi connectivity index (χ0) is 16.5. The van der Waals surface area contributed by atoms with Crippen molar-refractivity contribution in [1.29, 1.82) is 0 Å². The van der Waals surface area contributed by atoms with Gasteiger partial charge in [-0.1, -0.05) is 36.4 Å². The molecule has 0 saturated carbocycles. The quantitative estimate of drug-likeness (QED) is 0.692. The fraction of sp³-hybridized carbons (Fsp3) is 0.429. The molecule has 0 spiro atoms. The van der Waals surface area contributed by atoms with E-state index in [0.29, 0.717) is 12.1 Å². The lowest BCUT2D eigenvalue weighted by atomic mass is 10.1. The van der Waals surface area contributed by atoms with Crippen LogP contribution in [0.15, 0.2) is 48.5 Å². The van der Waals surface area contributed by atoms with Gasteiger partial charge in [0.15, 0.2) is 0 Å². The lowest BCUT2D eigenvalue weighted by Crippen LogP contribution is -2.54. The van der Waals surface area contributed by atoms with E-state index < -0.39 is 0 Å². The van der Waals surface area contributed by atoms with E-state index in [-0.39, 0.29) is 24.8 Å². The van der Waals surface area contributed by atoms with Gasteiger partial charge in [-0.2, -0.15) is 0 Å². The fourth-order valence-corrected chi connectivity index (χ4v) is 4.08. The third-order valence-corrected chi connectivity index (χ3v) is 5.40. The van der Waals surface area contributed by atoms with Crippen molar-refractivity contribution >= 4 is 46.6 Å². The molecule has 1 aliphatic heterocycles. The zero-order valence-corrected chi connectivity index (χ0v) is 17.2. The maximum absolute atomic E-state index is 3.57. The number of aromatic nitrogens is 1. The maximum Gasteiger partial charge on any atom is 0.0491 e. The predicted molar refractivity (Wildman–Crippen MR) is 117 cm³/mol. The number of aryl methyl sites for hydroxylation is 1. The number of para-hydroxylation sites is 2. The Kier molecular flexibility index (Phi) is 7.36. The Morgan fingerprint density at radius 2 is 1.46 bits per heavy atom. The molecule has 5 heteroatoms. The Bertz CT molecular complexity index is 792. The zero-order valence-electron chi connectivity index (χ0n) is 15.5. The van der Waals surface area contributed by atoms with E-state index in [4.69, 9.17) is 0 Å². The van der Waals surface area contributed by atoms with Crippen LogP contribution < -0.4 is 5.32 Å². The lowest BCUT2D eigenvalue weighted by Gasteiger charge is -2.37. The van der Waals surface area contributed by atoms with Gasteiger partial charge < -0.3 is 9.88 Å². The summed E-state index contributed by atoms with van der Waals surface area (Å²) in [4.78, 5) is 2.63. The van der Waals surface area contributed by atoms with Crippen LogP contribution in [-0.2, 0) is 6.54 Å². The minimum atomic E-state index is 0. The van der Waals surface area contributed by atoms with Gasteiger partial charge in [-0.3, -0.25) is 4.90 Å². The first-order valence-electron chi connectivity index (χ1n) is 9.17. The van der Waals surface area contributed by atoms with E-state index in [0.717, 1.165) is 19.6 Å². The second kappa shape index (κ2) is 9.09. The first kappa shape index (κ1) is 21.0. The summed E-state index contributed by atoms with van der Waals surface area (Å²) in [6.45, 7) is 9.14. The van der Waals surface area contributed by atoms with Gasteiger partial charge in [0, 0.05) is 60.1 Å². The molecule has 0 unspecified atom stereocenters. The van der Waals surface area contributed by atoms with Crippen LogP contribution in [0.2, 0.25) is 0 Å². The number of rotatable bonds is 4. The first-order valence-corrected chi connectivity index (χ1v) is 9.17. The van der Waals surface area contributed by atoms with Crippen LogP contribution in [-0.4, -0.2) is 41.2 Å². The summed E-state index contributed by atoms with van der Waals surface area (Å²) in [6.07, 6.45) is 1.19. The lowest BCUT2D eigenvalue weighted by molar-refractivity contribution is 0.143. The molecule has 1 N–H and O–H groups in total. The van der Waals surface area contributed by atoms with Crippen molar-refractivity contribution in [2.75, 3.05) is 19.6 Å². The van der Waals surface area contributed by atoms with Gasteiger partial charge in [0.2, 0.25) is 0 Å². The number of fused-ring (bicyclic) bond motifs is 3. The van der Waals surface area contributed by atoms with Crippen molar-refractivity contribution in [3.8, 4) is 0 Å². The van der Waals surface area contributed by atoms with Crippen molar-refractivity contribution in [2.45, 2.75) is 38.9 Å².